The van der Waals surface area contributed by atoms with E-state index in [2.05, 4.69) is 52.4 Å². The lowest BCUT2D eigenvalue weighted by Gasteiger charge is -2.36. The zero-order valence-electron chi connectivity index (χ0n) is 16.5. The molecular weight excluding hydrogens is 350 g/mol. The van der Waals surface area contributed by atoms with Gasteiger partial charge in [0.25, 0.3) is 0 Å². The van der Waals surface area contributed by atoms with E-state index < -0.39 is 5.91 Å². The van der Waals surface area contributed by atoms with Crippen LogP contribution in [0.25, 0.3) is 0 Å². The Balaban J connectivity index is 1.59. The summed E-state index contributed by atoms with van der Waals surface area (Å²) in [5.74, 6) is 0.513. The Bertz CT molecular complexity index is 798. The highest BCUT2D eigenvalue weighted by atomic mass is 16.1. The summed E-state index contributed by atoms with van der Waals surface area (Å²) >= 11 is 0. The van der Waals surface area contributed by atoms with Crippen molar-refractivity contribution in [3.63, 3.8) is 0 Å². The van der Waals surface area contributed by atoms with Gasteiger partial charge in [0.15, 0.2) is 5.96 Å². The van der Waals surface area contributed by atoms with Gasteiger partial charge in [0.2, 0.25) is 5.91 Å². The predicted molar refractivity (Wildman–Crippen MR) is 113 cm³/mol. The van der Waals surface area contributed by atoms with Crippen LogP contribution in [0, 0.1) is 0 Å². The Morgan fingerprint density at radius 3 is 2.43 bits per heavy atom. The Kier molecular flexibility index (Phi) is 7.03. The molecule has 0 aliphatic carbocycles. The van der Waals surface area contributed by atoms with Crippen LogP contribution in [0.15, 0.2) is 59.6 Å². The first-order valence-corrected chi connectivity index (χ1v) is 9.84. The molecule has 28 heavy (non-hydrogen) atoms. The first-order chi connectivity index (χ1) is 13.7. The van der Waals surface area contributed by atoms with Crippen molar-refractivity contribution in [3.8, 4) is 0 Å². The van der Waals surface area contributed by atoms with Gasteiger partial charge in [-0.25, -0.2) is 4.99 Å². The summed E-state index contributed by atoms with van der Waals surface area (Å²) < 4.78 is 0. The first kappa shape index (κ1) is 19.9. The number of guanidine groups is 1. The minimum absolute atomic E-state index is 0.410. The maximum Gasteiger partial charge on any atom is 0.248 e. The average Bonchev–Trinajstić information content (AvgIpc) is 2.73. The molecule has 1 aliphatic heterocycles. The number of primary amides is 1. The molecule has 0 atom stereocenters. The molecule has 1 saturated heterocycles. The lowest BCUT2D eigenvalue weighted by atomic mass is 10.1. The molecule has 3 N–H and O–H groups in total. The zero-order valence-corrected chi connectivity index (χ0v) is 16.5. The smallest absolute Gasteiger partial charge is 0.248 e. The number of nitrogens with one attached hydrogen (secondary N) is 1. The SMILES string of the molecule is CCNC(=NCc1cccc(C(N)=O)c1)N1CCN(Cc2ccccc2)CC1. The van der Waals surface area contributed by atoms with E-state index in [1.807, 2.05) is 18.2 Å². The van der Waals surface area contributed by atoms with E-state index in [1.54, 1.807) is 6.07 Å². The van der Waals surface area contributed by atoms with Crippen molar-refractivity contribution in [1.29, 1.82) is 0 Å². The van der Waals surface area contributed by atoms with Crippen molar-refractivity contribution in [2.24, 2.45) is 10.7 Å². The predicted octanol–water partition coefficient (Wildman–Crippen LogP) is 2.07. The average molecular weight is 380 g/mol. The Morgan fingerprint density at radius 1 is 1.04 bits per heavy atom. The molecule has 1 heterocycles. The number of amides is 1. The third-order valence-corrected chi connectivity index (χ3v) is 4.88. The second-order valence-electron chi connectivity index (χ2n) is 6.98. The van der Waals surface area contributed by atoms with Gasteiger partial charge in [0.05, 0.1) is 6.54 Å². The second kappa shape index (κ2) is 9.90. The third-order valence-electron chi connectivity index (χ3n) is 4.88. The van der Waals surface area contributed by atoms with E-state index in [4.69, 9.17) is 10.7 Å². The van der Waals surface area contributed by atoms with Crippen molar-refractivity contribution in [1.82, 2.24) is 15.1 Å². The highest BCUT2D eigenvalue weighted by Gasteiger charge is 2.19. The van der Waals surface area contributed by atoms with Crippen molar-refractivity contribution < 1.29 is 4.79 Å². The number of hydrogen-bond donors (Lipinski definition) is 2. The summed E-state index contributed by atoms with van der Waals surface area (Å²) in [6, 6.07) is 18.0. The van der Waals surface area contributed by atoms with E-state index in [1.165, 1.54) is 5.56 Å². The molecule has 6 heteroatoms. The molecule has 6 nitrogen and oxygen atoms in total. The van der Waals surface area contributed by atoms with Crippen molar-refractivity contribution >= 4 is 11.9 Å². The Hall–Kier alpha value is -2.86. The molecule has 0 saturated carbocycles. The maximum atomic E-state index is 11.4. The fourth-order valence-electron chi connectivity index (χ4n) is 3.37. The quantitative estimate of drug-likeness (QED) is 0.595. The van der Waals surface area contributed by atoms with Gasteiger partial charge < -0.3 is 16.0 Å². The van der Waals surface area contributed by atoms with Crippen LogP contribution < -0.4 is 11.1 Å². The summed E-state index contributed by atoms with van der Waals surface area (Å²) in [6.07, 6.45) is 0. The number of nitrogens with two attached hydrogens (primary N) is 1. The Labute approximate surface area is 167 Å². The summed E-state index contributed by atoms with van der Waals surface area (Å²) in [5.41, 5.74) is 8.23. The van der Waals surface area contributed by atoms with Crippen LogP contribution in [0.3, 0.4) is 0 Å². The lowest BCUT2D eigenvalue weighted by molar-refractivity contribution is 0.1000. The van der Waals surface area contributed by atoms with Crippen molar-refractivity contribution in [2.45, 2.75) is 20.0 Å². The highest BCUT2D eigenvalue weighted by Crippen LogP contribution is 2.10. The van der Waals surface area contributed by atoms with Gasteiger partial charge in [-0.3, -0.25) is 9.69 Å². The molecular formula is C22H29N5O. The summed E-state index contributed by atoms with van der Waals surface area (Å²) in [7, 11) is 0. The van der Waals surface area contributed by atoms with Crippen molar-refractivity contribution in [3.05, 3.63) is 71.3 Å². The van der Waals surface area contributed by atoms with Gasteiger partial charge in [-0.1, -0.05) is 42.5 Å². The topological polar surface area (TPSA) is 74.0 Å². The number of rotatable bonds is 6. The van der Waals surface area contributed by atoms with Crippen LogP contribution in [0.4, 0.5) is 0 Å². The van der Waals surface area contributed by atoms with E-state index in [-0.39, 0.29) is 0 Å². The van der Waals surface area contributed by atoms with Gasteiger partial charge >= 0.3 is 0 Å². The molecule has 2 aromatic carbocycles. The normalized spacial score (nSPS) is 15.5. The molecule has 0 bridgehead atoms. The zero-order chi connectivity index (χ0) is 19.8. The molecule has 1 amide bonds. The summed E-state index contributed by atoms with van der Waals surface area (Å²) in [4.78, 5) is 20.9. The van der Waals surface area contributed by atoms with Crippen molar-refractivity contribution in [2.75, 3.05) is 32.7 Å². The molecule has 0 radical (unpaired) electrons. The molecule has 1 aliphatic rings. The van der Waals surface area contributed by atoms with E-state index >= 15 is 0 Å². The molecule has 0 unspecified atom stereocenters. The number of benzene rings is 2. The van der Waals surface area contributed by atoms with Gasteiger partial charge in [0, 0.05) is 44.8 Å². The summed E-state index contributed by atoms with van der Waals surface area (Å²) in [6.45, 7) is 8.32. The van der Waals surface area contributed by atoms with Gasteiger partial charge in [0.1, 0.15) is 0 Å². The third kappa shape index (κ3) is 5.57. The number of piperazine rings is 1. The molecule has 1 fully saturated rings. The number of aliphatic imine (C=N–C) groups is 1. The summed E-state index contributed by atoms with van der Waals surface area (Å²) in [5, 5.41) is 3.39. The van der Waals surface area contributed by atoms with Crippen LogP contribution >= 0.6 is 0 Å². The van der Waals surface area contributed by atoms with E-state index in [0.717, 1.165) is 50.8 Å². The molecule has 0 spiro atoms. The lowest BCUT2D eigenvalue weighted by Crippen LogP contribution is -2.52. The Morgan fingerprint density at radius 2 is 1.75 bits per heavy atom. The number of carbonyl (C=O) groups is 1. The van der Waals surface area contributed by atoms with E-state index in [9.17, 15) is 4.79 Å². The van der Waals surface area contributed by atoms with Gasteiger partial charge in [-0.15, -0.1) is 0 Å². The standard InChI is InChI=1S/C22H29N5O/c1-2-24-22(25-16-19-9-6-10-20(15-19)21(23)28)27-13-11-26(12-14-27)17-18-7-4-3-5-8-18/h3-10,15H,2,11-14,16-17H2,1H3,(H2,23,28)(H,24,25). The van der Waals surface area contributed by atoms with Crippen LogP contribution in [-0.4, -0.2) is 54.4 Å². The maximum absolute atomic E-state index is 11.4. The minimum Gasteiger partial charge on any atom is -0.366 e. The highest BCUT2D eigenvalue weighted by molar-refractivity contribution is 5.92. The van der Waals surface area contributed by atoms with E-state index in [0.29, 0.717) is 12.1 Å². The van der Waals surface area contributed by atoms with Crippen LogP contribution in [0.1, 0.15) is 28.4 Å². The fourth-order valence-corrected chi connectivity index (χ4v) is 3.37. The number of hydrogen-bond acceptors (Lipinski definition) is 3. The largest absolute Gasteiger partial charge is 0.366 e. The molecule has 3 rings (SSSR count). The van der Waals surface area contributed by atoms with Crippen LogP contribution in [0.2, 0.25) is 0 Å². The van der Waals surface area contributed by atoms with Gasteiger partial charge in [-0.05, 0) is 30.2 Å². The second-order valence-corrected chi connectivity index (χ2v) is 6.98. The van der Waals surface area contributed by atoms with Gasteiger partial charge in [-0.2, -0.15) is 0 Å². The molecule has 148 valence electrons. The minimum atomic E-state index is -0.410. The monoisotopic (exact) mass is 379 g/mol. The van der Waals surface area contributed by atoms with Crippen LogP contribution in [0.5, 0.6) is 0 Å². The number of carbonyl (C=O) groups excluding carboxylic acids is 1. The molecule has 2 aromatic rings. The molecule has 0 aromatic heterocycles. The van der Waals surface area contributed by atoms with Crippen LogP contribution in [-0.2, 0) is 13.1 Å². The number of nitrogens with zero attached hydrogens (tertiary/aromatic N) is 3. The first-order valence-electron chi connectivity index (χ1n) is 9.84. The fraction of sp³-hybridized carbons (Fsp3) is 0.364.